The Balaban J connectivity index is 1.40. The minimum atomic E-state index is -1.23. The van der Waals surface area contributed by atoms with Gasteiger partial charge in [0.05, 0.1) is 29.1 Å². The highest BCUT2D eigenvalue weighted by molar-refractivity contribution is 7.98. The van der Waals surface area contributed by atoms with Crippen molar-refractivity contribution in [3.63, 3.8) is 0 Å². The van der Waals surface area contributed by atoms with E-state index in [1.807, 2.05) is 13.2 Å². The zero-order chi connectivity index (χ0) is 29.1. The number of Topliss-reactive ketones (excluding diaryl/α,β-unsaturated/α-hetero) is 1. The molecule has 3 aromatic heterocycles. The van der Waals surface area contributed by atoms with E-state index in [-0.39, 0.29) is 18.7 Å². The molecule has 0 radical (unpaired) electrons. The number of carbonyl (C=O) groups excluding carboxylic acids is 2. The number of ether oxygens (including phenoxy) is 1. The van der Waals surface area contributed by atoms with Crippen LogP contribution >= 0.6 is 11.8 Å². The van der Waals surface area contributed by atoms with Crippen LogP contribution in [0.3, 0.4) is 0 Å². The molecule has 4 heterocycles. The second-order valence-electron chi connectivity index (χ2n) is 12.5. The van der Waals surface area contributed by atoms with Gasteiger partial charge in [-0.25, -0.2) is 23.8 Å². The number of aromatic nitrogens is 5. The molecule has 4 atom stereocenters. The van der Waals surface area contributed by atoms with Crippen LogP contribution < -0.4 is 0 Å². The number of carbonyl (C=O) groups is 2. The summed E-state index contributed by atoms with van der Waals surface area (Å²) in [7, 11) is 0. The highest BCUT2D eigenvalue weighted by atomic mass is 32.2. The summed E-state index contributed by atoms with van der Waals surface area (Å²) in [5.74, 6) is 1.32. The molecule has 220 valence electrons. The van der Waals surface area contributed by atoms with E-state index in [1.54, 1.807) is 31.6 Å². The van der Waals surface area contributed by atoms with E-state index in [2.05, 4.69) is 10.3 Å². The van der Waals surface area contributed by atoms with Crippen LogP contribution in [0, 0.1) is 0 Å². The zero-order valence-electron chi connectivity index (χ0n) is 24.3. The molecule has 1 amide bonds. The van der Waals surface area contributed by atoms with Crippen LogP contribution in [0.15, 0.2) is 15.7 Å². The van der Waals surface area contributed by atoms with Gasteiger partial charge in [-0.3, -0.25) is 4.79 Å². The molecule has 2 aliphatic carbocycles. The third-order valence-corrected chi connectivity index (χ3v) is 9.45. The summed E-state index contributed by atoms with van der Waals surface area (Å²) in [6.45, 7) is 7.51. The first kappa shape index (κ1) is 28.1. The van der Waals surface area contributed by atoms with E-state index in [1.165, 1.54) is 16.7 Å². The standard InChI is InChI=1S/C29H37FN6O4S/c1-16(22-19(30)11-14-35(22)27(38)39-28(2,3)4)36-25-18(15-31-36)26(41-5)33-24(32-25)21-17-9-8-13-29(23(17)40-34-21)12-7-6-10-20(29)37/h15-16,19,22H,6-14H2,1-5H3/t16?,19-,22+,29+/m0/s1. The molecule has 0 aromatic carbocycles. The Labute approximate surface area is 242 Å². The van der Waals surface area contributed by atoms with Gasteiger partial charge < -0.3 is 14.2 Å². The molecule has 3 aliphatic rings. The van der Waals surface area contributed by atoms with Crippen molar-refractivity contribution in [2.75, 3.05) is 12.8 Å². The normalized spacial score (nSPS) is 25.6. The van der Waals surface area contributed by atoms with Gasteiger partial charge in [-0.2, -0.15) is 5.10 Å². The Morgan fingerprint density at radius 2 is 2.00 bits per heavy atom. The van der Waals surface area contributed by atoms with Crippen LogP contribution in [0.1, 0.15) is 90.0 Å². The number of rotatable bonds is 4. The Hall–Kier alpha value is -3.02. The lowest BCUT2D eigenvalue weighted by atomic mass is 9.64. The summed E-state index contributed by atoms with van der Waals surface area (Å²) in [4.78, 5) is 37.3. The average molecular weight is 585 g/mol. The van der Waals surface area contributed by atoms with E-state index >= 15 is 4.39 Å². The van der Waals surface area contributed by atoms with Crippen molar-refractivity contribution >= 4 is 34.7 Å². The summed E-state index contributed by atoms with van der Waals surface area (Å²) >= 11 is 1.46. The van der Waals surface area contributed by atoms with Gasteiger partial charge in [0.1, 0.15) is 22.6 Å². The number of likely N-dealkylation sites (tertiary alicyclic amines) is 1. The van der Waals surface area contributed by atoms with Crippen LogP contribution in [-0.2, 0) is 21.4 Å². The number of thioether (sulfide) groups is 1. The van der Waals surface area contributed by atoms with Crippen molar-refractivity contribution in [2.24, 2.45) is 0 Å². The molecule has 6 rings (SSSR count). The lowest BCUT2D eigenvalue weighted by Crippen LogP contribution is -2.45. The van der Waals surface area contributed by atoms with Gasteiger partial charge in [0.2, 0.25) is 0 Å². The largest absolute Gasteiger partial charge is 0.444 e. The number of halogens is 1. The molecule has 1 spiro atoms. The van der Waals surface area contributed by atoms with E-state index in [4.69, 9.17) is 19.2 Å². The Bertz CT molecular complexity index is 1500. The summed E-state index contributed by atoms with van der Waals surface area (Å²) in [5.41, 5.74) is 0.710. The van der Waals surface area contributed by atoms with Crippen molar-refractivity contribution in [3.8, 4) is 11.5 Å². The SMILES string of the molecule is CSc1nc(-c2noc3c2CCC[C@@]32CCCCC2=O)nc2c1cnn2C(C)[C@@H]1[C@@H](F)CCN1C(=O)OC(C)(C)C. The molecular weight excluding hydrogens is 547 g/mol. The lowest BCUT2D eigenvalue weighted by Gasteiger charge is -2.36. The number of hydrogen-bond acceptors (Lipinski definition) is 9. The fourth-order valence-electron chi connectivity index (χ4n) is 6.85. The monoisotopic (exact) mass is 584 g/mol. The third-order valence-electron chi connectivity index (χ3n) is 8.75. The van der Waals surface area contributed by atoms with Gasteiger partial charge >= 0.3 is 6.09 Å². The summed E-state index contributed by atoms with van der Waals surface area (Å²) in [5, 5.41) is 10.5. The van der Waals surface area contributed by atoms with Crippen LogP contribution in [0.5, 0.6) is 0 Å². The van der Waals surface area contributed by atoms with Crippen molar-refractivity contribution < 1.29 is 23.2 Å². The number of alkyl halides is 1. The fourth-order valence-corrected chi connectivity index (χ4v) is 7.39. The molecule has 1 unspecified atom stereocenters. The van der Waals surface area contributed by atoms with Crippen LogP contribution in [-0.4, -0.2) is 72.3 Å². The molecule has 1 saturated carbocycles. The quantitative estimate of drug-likeness (QED) is 0.276. The van der Waals surface area contributed by atoms with Gasteiger partial charge in [0.25, 0.3) is 0 Å². The van der Waals surface area contributed by atoms with Crippen LogP contribution in [0.25, 0.3) is 22.6 Å². The molecular formula is C29H37FN6O4S. The van der Waals surface area contributed by atoms with Crippen molar-refractivity contribution in [1.82, 2.24) is 29.8 Å². The van der Waals surface area contributed by atoms with Crippen LogP contribution in [0.4, 0.5) is 9.18 Å². The first-order valence-electron chi connectivity index (χ1n) is 14.5. The van der Waals surface area contributed by atoms with Crippen LogP contribution in [0.2, 0.25) is 0 Å². The highest BCUT2D eigenvalue weighted by Crippen LogP contribution is 2.47. The minimum absolute atomic E-state index is 0.231. The Kier molecular flexibility index (Phi) is 7.10. The van der Waals surface area contributed by atoms with E-state index in [0.717, 1.165) is 49.5 Å². The van der Waals surface area contributed by atoms with Gasteiger partial charge in [-0.15, -0.1) is 11.8 Å². The first-order chi connectivity index (χ1) is 19.5. The average Bonchev–Trinajstić information content (AvgIpc) is 3.65. The second-order valence-corrected chi connectivity index (χ2v) is 13.3. The van der Waals surface area contributed by atoms with Gasteiger partial charge in [0, 0.05) is 18.5 Å². The molecule has 12 heteroatoms. The Morgan fingerprint density at radius 1 is 1.22 bits per heavy atom. The number of amides is 1. The van der Waals surface area contributed by atoms with E-state index in [0.29, 0.717) is 34.4 Å². The maximum Gasteiger partial charge on any atom is 0.410 e. The van der Waals surface area contributed by atoms with Gasteiger partial charge in [0.15, 0.2) is 22.9 Å². The molecule has 1 aliphatic heterocycles. The number of nitrogens with zero attached hydrogens (tertiary/aromatic N) is 6. The maximum atomic E-state index is 15.3. The van der Waals surface area contributed by atoms with E-state index < -0.39 is 35.4 Å². The first-order valence-corrected chi connectivity index (χ1v) is 15.7. The zero-order valence-corrected chi connectivity index (χ0v) is 25.1. The molecule has 0 bridgehead atoms. The number of ketones is 1. The van der Waals surface area contributed by atoms with Gasteiger partial charge in [-0.05, 0) is 72.5 Å². The second kappa shape index (κ2) is 10.4. The summed E-state index contributed by atoms with van der Waals surface area (Å²) in [6, 6.07) is -1.29. The predicted octanol–water partition coefficient (Wildman–Crippen LogP) is 5.83. The molecule has 3 aromatic rings. The topological polar surface area (TPSA) is 116 Å². The number of fused-ring (bicyclic) bond motifs is 3. The summed E-state index contributed by atoms with van der Waals surface area (Å²) in [6.07, 6.45) is 7.76. The maximum absolute atomic E-state index is 15.3. The molecule has 10 nitrogen and oxygen atoms in total. The van der Waals surface area contributed by atoms with Crippen molar-refractivity contribution in [2.45, 2.75) is 113 Å². The minimum Gasteiger partial charge on any atom is -0.444 e. The molecule has 2 fully saturated rings. The predicted molar refractivity (Wildman–Crippen MR) is 152 cm³/mol. The Morgan fingerprint density at radius 3 is 2.73 bits per heavy atom. The van der Waals surface area contributed by atoms with Gasteiger partial charge in [-0.1, -0.05) is 11.6 Å². The summed E-state index contributed by atoms with van der Waals surface area (Å²) < 4.78 is 28.5. The van der Waals surface area contributed by atoms with E-state index in [9.17, 15) is 9.59 Å². The molecule has 1 saturated heterocycles. The smallest absolute Gasteiger partial charge is 0.410 e. The molecule has 0 N–H and O–H groups in total. The van der Waals surface area contributed by atoms with Crippen molar-refractivity contribution in [1.29, 1.82) is 0 Å². The third kappa shape index (κ3) is 4.71. The fraction of sp³-hybridized carbons (Fsp3) is 0.655. The molecule has 41 heavy (non-hydrogen) atoms. The van der Waals surface area contributed by atoms with Crippen molar-refractivity contribution in [3.05, 3.63) is 17.5 Å². The number of hydrogen-bond donors (Lipinski definition) is 0. The highest BCUT2D eigenvalue weighted by Gasteiger charge is 2.49. The lowest BCUT2D eigenvalue weighted by molar-refractivity contribution is -0.128.